The van der Waals surface area contributed by atoms with Crippen LogP contribution in [-0.4, -0.2) is 45.2 Å². The summed E-state index contributed by atoms with van der Waals surface area (Å²) in [7, 11) is 1.53. The molecule has 2 aromatic carbocycles. The highest BCUT2D eigenvalue weighted by molar-refractivity contribution is 5.97. The Labute approximate surface area is 188 Å². The summed E-state index contributed by atoms with van der Waals surface area (Å²) < 4.78 is 16.6. The topological polar surface area (TPSA) is 85.9 Å². The number of hydrogen-bond donors (Lipinski definition) is 2. The largest absolute Gasteiger partial charge is 0.496 e. The summed E-state index contributed by atoms with van der Waals surface area (Å²) in [5.74, 6) is 1.75. The lowest BCUT2D eigenvalue weighted by Crippen LogP contribution is -2.40. The van der Waals surface area contributed by atoms with Gasteiger partial charge in [-0.05, 0) is 42.7 Å². The van der Waals surface area contributed by atoms with Crippen molar-refractivity contribution in [1.82, 2.24) is 10.6 Å². The van der Waals surface area contributed by atoms with E-state index < -0.39 is 0 Å². The average molecular weight is 439 g/mol. The zero-order valence-corrected chi connectivity index (χ0v) is 18.4. The van der Waals surface area contributed by atoms with Crippen molar-refractivity contribution in [1.29, 1.82) is 0 Å². The fraction of sp³-hybridized carbons (Fsp3) is 0.440. The molecule has 1 heterocycles. The van der Waals surface area contributed by atoms with Gasteiger partial charge in [0.05, 0.1) is 12.7 Å². The molecule has 2 N–H and O–H groups in total. The van der Waals surface area contributed by atoms with Gasteiger partial charge in [-0.3, -0.25) is 9.59 Å². The number of hydrogen-bond acceptors (Lipinski definition) is 5. The second kappa shape index (κ2) is 9.94. The lowest BCUT2D eigenvalue weighted by molar-refractivity contribution is -0.121. The number of nitrogens with one attached hydrogen (secondary N) is 2. The summed E-state index contributed by atoms with van der Waals surface area (Å²) in [6.07, 6.45) is 4.55. The summed E-state index contributed by atoms with van der Waals surface area (Å²) in [6.45, 7) is 1.97. The van der Waals surface area contributed by atoms with Crippen LogP contribution in [-0.2, 0) is 10.2 Å². The molecule has 2 aromatic rings. The molecule has 0 aromatic heterocycles. The van der Waals surface area contributed by atoms with E-state index in [0.29, 0.717) is 31.1 Å². The van der Waals surface area contributed by atoms with E-state index in [0.717, 1.165) is 37.2 Å². The van der Waals surface area contributed by atoms with Crippen LogP contribution in [0.1, 0.15) is 48.0 Å². The van der Waals surface area contributed by atoms with E-state index in [1.165, 1.54) is 12.7 Å². The number of carbonyl (C=O) groups is 2. The zero-order valence-electron chi connectivity index (χ0n) is 18.4. The molecule has 0 spiro atoms. The van der Waals surface area contributed by atoms with Crippen LogP contribution in [0.25, 0.3) is 0 Å². The molecule has 1 aliphatic heterocycles. The molecule has 1 aliphatic carbocycles. The van der Waals surface area contributed by atoms with Crippen molar-refractivity contribution in [2.75, 3.05) is 33.4 Å². The normalized spacial score (nSPS) is 16.3. The minimum absolute atomic E-state index is 0.0749. The second-order valence-corrected chi connectivity index (χ2v) is 8.33. The summed E-state index contributed by atoms with van der Waals surface area (Å²) in [4.78, 5) is 24.9. The minimum Gasteiger partial charge on any atom is -0.496 e. The standard InChI is InChI=1S/C25H30N2O5/c1-30-20-7-3-2-6-19(20)24(29)26-13-10-23(28)27-17-25(11-4-5-12-25)18-8-9-21-22(16-18)32-15-14-31-21/h2-3,6-9,16H,4-5,10-15,17H2,1H3,(H,26,29)(H,27,28). The van der Waals surface area contributed by atoms with Crippen molar-refractivity contribution in [3.8, 4) is 17.2 Å². The number of methoxy groups -OCH3 is 1. The third-order valence-corrected chi connectivity index (χ3v) is 6.33. The molecule has 7 heteroatoms. The van der Waals surface area contributed by atoms with Crippen LogP contribution < -0.4 is 24.8 Å². The zero-order chi connectivity index (χ0) is 22.4. The van der Waals surface area contributed by atoms with Gasteiger partial charge in [0.1, 0.15) is 19.0 Å². The Bertz CT molecular complexity index is 969. The third-order valence-electron chi connectivity index (χ3n) is 6.33. The maximum absolute atomic E-state index is 12.5. The molecule has 0 atom stereocenters. The first-order valence-corrected chi connectivity index (χ1v) is 11.2. The lowest BCUT2D eigenvalue weighted by Gasteiger charge is -2.31. The van der Waals surface area contributed by atoms with Crippen molar-refractivity contribution in [3.05, 3.63) is 53.6 Å². The summed E-state index contributed by atoms with van der Waals surface area (Å²) in [5.41, 5.74) is 1.55. The third kappa shape index (κ3) is 4.82. The van der Waals surface area contributed by atoms with Gasteiger partial charge in [-0.25, -0.2) is 0 Å². The highest BCUT2D eigenvalue weighted by Gasteiger charge is 2.36. The van der Waals surface area contributed by atoms with Gasteiger partial charge in [0, 0.05) is 24.9 Å². The number of benzene rings is 2. The highest BCUT2D eigenvalue weighted by atomic mass is 16.6. The number of carbonyl (C=O) groups excluding carboxylic acids is 2. The van der Waals surface area contributed by atoms with Crippen molar-refractivity contribution in [3.63, 3.8) is 0 Å². The first kappa shape index (κ1) is 22.0. The van der Waals surface area contributed by atoms with Crippen LogP contribution in [0.2, 0.25) is 0 Å². The summed E-state index contributed by atoms with van der Waals surface area (Å²) >= 11 is 0. The van der Waals surface area contributed by atoms with E-state index in [1.54, 1.807) is 18.2 Å². The average Bonchev–Trinajstić information content (AvgIpc) is 3.32. The smallest absolute Gasteiger partial charge is 0.255 e. The van der Waals surface area contributed by atoms with Gasteiger partial charge >= 0.3 is 0 Å². The number of rotatable bonds is 8. The highest BCUT2D eigenvalue weighted by Crippen LogP contribution is 2.43. The first-order chi connectivity index (χ1) is 15.6. The molecule has 0 bridgehead atoms. The molecule has 2 amide bonds. The van der Waals surface area contributed by atoms with Gasteiger partial charge in [0.2, 0.25) is 5.91 Å². The summed E-state index contributed by atoms with van der Waals surface area (Å²) in [5, 5.41) is 5.89. The van der Waals surface area contributed by atoms with E-state index >= 15 is 0 Å². The van der Waals surface area contributed by atoms with Crippen LogP contribution in [0.5, 0.6) is 17.2 Å². The van der Waals surface area contributed by atoms with Gasteiger partial charge in [0.25, 0.3) is 5.91 Å². The molecule has 4 rings (SSSR count). The Balaban J connectivity index is 1.31. The van der Waals surface area contributed by atoms with Crippen LogP contribution in [0.3, 0.4) is 0 Å². The van der Waals surface area contributed by atoms with E-state index in [9.17, 15) is 9.59 Å². The first-order valence-electron chi connectivity index (χ1n) is 11.2. The molecule has 0 unspecified atom stereocenters. The van der Waals surface area contributed by atoms with Crippen LogP contribution in [0, 0.1) is 0 Å². The SMILES string of the molecule is COc1ccccc1C(=O)NCCC(=O)NCC1(c2ccc3c(c2)OCCO3)CCCC1. The van der Waals surface area contributed by atoms with Gasteiger partial charge in [-0.15, -0.1) is 0 Å². The van der Waals surface area contributed by atoms with Crippen molar-refractivity contribution < 1.29 is 23.8 Å². The molecule has 7 nitrogen and oxygen atoms in total. The Hall–Kier alpha value is -3.22. The van der Waals surface area contributed by atoms with Gasteiger partial charge in [-0.2, -0.15) is 0 Å². The molecule has 0 saturated heterocycles. The molecule has 2 aliphatic rings. The van der Waals surface area contributed by atoms with Crippen molar-refractivity contribution in [2.24, 2.45) is 0 Å². The Kier molecular flexibility index (Phi) is 6.83. The fourth-order valence-electron chi connectivity index (χ4n) is 4.57. The number of fused-ring (bicyclic) bond motifs is 1. The molecule has 1 saturated carbocycles. The summed E-state index contributed by atoms with van der Waals surface area (Å²) in [6, 6.07) is 13.2. The fourth-order valence-corrected chi connectivity index (χ4v) is 4.57. The number of para-hydroxylation sites is 1. The van der Waals surface area contributed by atoms with Crippen LogP contribution >= 0.6 is 0 Å². The van der Waals surface area contributed by atoms with Crippen LogP contribution in [0.4, 0.5) is 0 Å². The van der Waals surface area contributed by atoms with Crippen molar-refractivity contribution in [2.45, 2.75) is 37.5 Å². The van der Waals surface area contributed by atoms with E-state index in [1.807, 2.05) is 12.1 Å². The molecule has 32 heavy (non-hydrogen) atoms. The molecular formula is C25H30N2O5. The molecule has 0 radical (unpaired) electrons. The molecule has 170 valence electrons. The Morgan fingerprint density at radius 1 is 1.00 bits per heavy atom. The van der Waals surface area contributed by atoms with Crippen LogP contribution in [0.15, 0.2) is 42.5 Å². The number of amides is 2. The van der Waals surface area contributed by atoms with Gasteiger partial charge in [0.15, 0.2) is 11.5 Å². The Morgan fingerprint density at radius 2 is 1.75 bits per heavy atom. The van der Waals surface area contributed by atoms with Gasteiger partial charge in [-0.1, -0.05) is 31.0 Å². The Morgan fingerprint density at radius 3 is 2.53 bits per heavy atom. The number of ether oxygens (including phenoxy) is 3. The quantitative estimate of drug-likeness (QED) is 0.661. The second-order valence-electron chi connectivity index (χ2n) is 8.33. The predicted octanol–water partition coefficient (Wildman–Crippen LogP) is 3.21. The van der Waals surface area contributed by atoms with E-state index in [4.69, 9.17) is 14.2 Å². The monoisotopic (exact) mass is 438 g/mol. The lowest BCUT2D eigenvalue weighted by atomic mass is 9.78. The molecular weight excluding hydrogens is 408 g/mol. The maximum Gasteiger partial charge on any atom is 0.255 e. The maximum atomic E-state index is 12.5. The minimum atomic E-state index is -0.251. The predicted molar refractivity (Wildman–Crippen MR) is 121 cm³/mol. The molecule has 1 fully saturated rings. The van der Waals surface area contributed by atoms with Crippen molar-refractivity contribution >= 4 is 11.8 Å². The van der Waals surface area contributed by atoms with Gasteiger partial charge < -0.3 is 24.8 Å². The van der Waals surface area contributed by atoms with E-state index in [-0.39, 0.29) is 30.2 Å². The van der Waals surface area contributed by atoms with E-state index in [2.05, 4.69) is 22.8 Å².